The van der Waals surface area contributed by atoms with Gasteiger partial charge < -0.3 is 0 Å². The molecule has 0 saturated heterocycles. The molecule has 0 radical (unpaired) electrons. The van der Waals surface area contributed by atoms with Crippen LogP contribution in [0.2, 0.25) is 0 Å². The highest BCUT2D eigenvalue weighted by Gasteiger charge is 1.72. The lowest BCUT2D eigenvalue weighted by molar-refractivity contribution is 1.57. The van der Waals surface area contributed by atoms with Crippen LogP contribution < -0.4 is 0 Å². The van der Waals surface area contributed by atoms with Crippen LogP contribution in [0.5, 0.6) is 0 Å². The smallest absolute Gasteiger partial charge is 0.0966 e. The van der Waals surface area contributed by atoms with Gasteiger partial charge in [0.15, 0.2) is 0 Å². The predicted molar refractivity (Wildman–Crippen MR) is 40.6 cm³/mol. The molecule has 0 amide bonds. The predicted octanol–water partition coefficient (Wildman–Crippen LogP) is 2.49. The van der Waals surface area contributed by atoms with Crippen LogP contribution in [0.15, 0.2) is 24.3 Å². The summed E-state index contributed by atoms with van der Waals surface area (Å²) in [6.45, 7) is 1.93. The van der Waals surface area contributed by atoms with Gasteiger partial charge >= 0.3 is 0 Å². The van der Waals surface area contributed by atoms with Gasteiger partial charge in [-0.05, 0) is 28.9 Å². The second kappa shape index (κ2) is 4.78. The molecule has 0 aliphatic carbocycles. The number of hydrogen-bond donors (Lipinski definition) is 1. The molecular weight excluding hydrogens is 166 g/mol. The molecule has 0 saturated carbocycles. The zero-order valence-electron chi connectivity index (χ0n) is 4.69. The highest BCUT2D eigenvalue weighted by atomic mass is 79.9. The highest BCUT2D eigenvalue weighted by Crippen LogP contribution is 1.86. The van der Waals surface area contributed by atoms with Crippen molar-refractivity contribution in [2.75, 3.05) is 0 Å². The molecule has 0 aliphatic rings. The molecule has 0 aliphatic heterocycles. The number of hydrogen-bond acceptors (Lipinski definition) is 1. The molecule has 1 N–H and O–H groups in total. The molecule has 0 fully saturated rings. The van der Waals surface area contributed by atoms with E-state index in [0.29, 0.717) is 4.62 Å². The topological polar surface area (TPSA) is 23.9 Å². The molecule has 8 heavy (non-hydrogen) atoms. The van der Waals surface area contributed by atoms with Crippen LogP contribution in [0, 0.1) is 5.41 Å². The average Bonchev–Trinajstić information content (AvgIpc) is 1.66. The van der Waals surface area contributed by atoms with E-state index in [0.717, 1.165) is 0 Å². The lowest BCUT2D eigenvalue weighted by atomic mass is 10.4. The Kier molecular flexibility index (Phi) is 4.56. The van der Waals surface area contributed by atoms with Gasteiger partial charge in [0.05, 0.1) is 4.62 Å². The van der Waals surface area contributed by atoms with Gasteiger partial charge in [-0.25, -0.2) is 0 Å². The van der Waals surface area contributed by atoms with E-state index in [9.17, 15) is 0 Å². The largest absolute Gasteiger partial charge is 0.293 e. The van der Waals surface area contributed by atoms with Crippen LogP contribution >= 0.6 is 15.9 Å². The molecule has 0 bridgehead atoms. The Labute approximate surface area is 57.7 Å². The maximum atomic E-state index is 6.87. The molecule has 0 aromatic carbocycles. The third kappa shape index (κ3) is 5.63. The summed E-state index contributed by atoms with van der Waals surface area (Å²) in [5.41, 5.74) is 0. The minimum Gasteiger partial charge on any atom is -0.293 e. The first-order valence-corrected chi connectivity index (χ1v) is 3.10. The van der Waals surface area contributed by atoms with Crippen molar-refractivity contribution in [3.8, 4) is 0 Å². The standard InChI is InChI=1S/C6H8BrN/c1-2-3-4-5-6(7)8/h2-5,8H,1H3/b3-2-,5-4-,8-6?. The van der Waals surface area contributed by atoms with Crippen molar-refractivity contribution in [1.29, 1.82) is 5.41 Å². The van der Waals surface area contributed by atoms with E-state index in [1.54, 1.807) is 12.2 Å². The van der Waals surface area contributed by atoms with Gasteiger partial charge in [0, 0.05) is 0 Å². The first-order chi connectivity index (χ1) is 3.77. The van der Waals surface area contributed by atoms with Crippen molar-refractivity contribution >= 4 is 20.6 Å². The molecule has 2 heteroatoms. The third-order valence-electron chi connectivity index (χ3n) is 0.546. The third-order valence-corrected chi connectivity index (χ3v) is 0.810. The lowest BCUT2D eigenvalue weighted by Crippen LogP contribution is -1.68. The molecule has 0 aromatic rings. The first kappa shape index (κ1) is 7.63. The summed E-state index contributed by atoms with van der Waals surface area (Å²) in [7, 11) is 0. The number of rotatable bonds is 2. The fourth-order valence-corrected chi connectivity index (χ4v) is 0.404. The van der Waals surface area contributed by atoms with Crippen molar-refractivity contribution in [2.24, 2.45) is 0 Å². The number of allylic oxidation sites excluding steroid dienone is 4. The maximum absolute atomic E-state index is 6.87. The summed E-state index contributed by atoms with van der Waals surface area (Å²) in [5, 5.41) is 6.87. The van der Waals surface area contributed by atoms with Crippen LogP contribution in [-0.2, 0) is 0 Å². The van der Waals surface area contributed by atoms with Crippen molar-refractivity contribution in [2.45, 2.75) is 6.92 Å². The highest BCUT2D eigenvalue weighted by molar-refractivity contribution is 9.18. The SMILES string of the molecule is C/C=C\C=C/C(=N)Br. The van der Waals surface area contributed by atoms with Crippen molar-refractivity contribution < 1.29 is 0 Å². The molecule has 1 nitrogen and oxygen atoms in total. The Morgan fingerprint density at radius 2 is 2.12 bits per heavy atom. The van der Waals surface area contributed by atoms with E-state index in [1.165, 1.54) is 0 Å². The summed E-state index contributed by atoms with van der Waals surface area (Å²) < 4.78 is 0.399. The maximum Gasteiger partial charge on any atom is 0.0966 e. The van der Waals surface area contributed by atoms with Gasteiger partial charge in [0.2, 0.25) is 0 Å². The zero-order valence-corrected chi connectivity index (χ0v) is 6.27. The second-order valence-electron chi connectivity index (χ2n) is 1.23. The zero-order chi connectivity index (χ0) is 6.41. The normalized spacial score (nSPS) is 11.2. The summed E-state index contributed by atoms with van der Waals surface area (Å²) in [4.78, 5) is 0. The lowest BCUT2D eigenvalue weighted by Gasteiger charge is -1.73. The second-order valence-corrected chi connectivity index (χ2v) is 2.09. The van der Waals surface area contributed by atoms with Crippen molar-refractivity contribution in [3.05, 3.63) is 24.3 Å². The molecule has 0 heterocycles. The molecular formula is C6H8BrN. The number of nitrogens with one attached hydrogen (secondary N) is 1. The molecule has 0 rings (SSSR count). The Hall–Kier alpha value is -0.370. The van der Waals surface area contributed by atoms with Gasteiger partial charge in [0.25, 0.3) is 0 Å². The van der Waals surface area contributed by atoms with Crippen molar-refractivity contribution in [1.82, 2.24) is 0 Å². The van der Waals surface area contributed by atoms with Gasteiger partial charge in [-0.1, -0.05) is 18.2 Å². The van der Waals surface area contributed by atoms with Gasteiger partial charge in [-0.15, -0.1) is 0 Å². The fourth-order valence-electron chi connectivity index (χ4n) is 0.251. The van der Waals surface area contributed by atoms with Crippen LogP contribution in [0.25, 0.3) is 0 Å². The Bertz CT molecular complexity index is 124. The molecule has 44 valence electrons. The van der Waals surface area contributed by atoms with E-state index in [2.05, 4.69) is 15.9 Å². The van der Waals surface area contributed by atoms with Crippen LogP contribution in [0.3, 0.4) is 0 Å². The van der Waals surface area contributed by atoms with E-state index >= 15 is 0 Å². The van der Waals surface area contributed by atoms with E-state index < -0.39 is 0 Å². The molecule has 0 spiro atoms. The Morgan fingerprint density at radius 3 is 2.50 bits per heavy atom. The molecule has 0 unspecified atom stereocenters. The van der Waals surface area contributed by atoms with E-state index in [-0.39, 0.29) is 0 Å². The summed E-state index contributed by atoms with van der Waals surface area (Å²) in [6.07, 6.45) is 7.25. The van der Waals surface area contributed by atoms with Gasteiger partial charge in [-0.3, -0.25) is 5.41 Å². The minimum absolute atomic E-state index is 0.399. The summed E-state index contributed by atoms with van der Waals surface area (Å²) >= 11 is 2.97. The van der Waals surface area contributed by atoms with Crippen LogP contribution in [0.4, 0.5) is 0 Å². The monoisotopic (exact) mass is 173 g/mol. The van der Waals surface area contributed by atoms with E-state index in [1.807, 2.05) is 19.1 Å². The summed E-state index contributed by atoms with van der Waals surface area (Å²) in [5.74, 6) is 0. The average molecular weight is 174 g/mol. The Balaban J connectivity index is 3.50. The van der Waals surface area contributed by atoms with E-state index in [4.69, 9.17) is 5.41 Å². The van der Waals surface area contributed by atoms with Gasteiger partial charge in [-0.2, -0.15) is 0 Å². The van der Waals surface area contributed by atoms with Crippen LogP contribution in [-0.4, -0.2) is 4.62 Å². The number of halogens is 1. The fraction of sp³-hybridized carbons (Fsp3) is 0.167. The summed E-state index contributed by atoms with van der Waals surface area (Å²) in [6, 6.07) is 0. The molecule has 0 aromatic heterocycles. The quantitative estimate of drug-likeness (QED) is 0.491. The minimum atomic E-state index is 0.399. The Morgan fingerprint density at radius 1 is 1.50 bits per heavy atom. The van der Waals surface area contributed by atoms with Crippen molar-refractivity contribution in [3.63, 3.8) is 0 Å². The molecule has 0 atom stereocenters. The van der Waals surface area contributed by atoms with Gasteiger partial charge in [0.1, 0.15) is 0 Å². The first-order valence-electron chi connectivity index (χ1n) is 2.31. The van der Waals surface area contributed by atoms with Crippen LogP contribution in [0.1, 0.15) is 6.92 Å².